The molecule has 0 fully saturated rings. The molecule has 2 aliphatic rings. The normalized spacial score (nSPS) is 14.6. The maximum atomic E-state index is 5.31. The highest BCUT2D eigenvalue weighted by Gasteiger charge is 2.31. The van der Waals surface area contributed by atoms with Crippen molar-refractivity contribution >= 4 is 34.2 Å². The van der Waals surface area contributed by atoms with Crippen molar-refractivity contribution in [3.8, 4) is 33.4 Å². The fraction of sp³-hybridized carbons (Fsp3) is 0.0667. The molecule has 1 unspecified atom stereocenters. The number of benzene rings is 8. The smallest absolute Gasteiger partial charge is 0.160 e. The molecule has 10 rings (SSSR count). The molecule has 0 heterocycles. The molecule has 63 heavy (non-hydrogen) atoms. The van der Waals surface area contributed by atoms with Gasteiger partial charge < -0.3 is 4.90 Å². The second-order valence-electron chi connectivity index (χ2n) is 16.3. The third kappa shape index (κ3) is 8.30. The second-order valence-corrected chi connectivity index (χ2v) is 16.3. The molecule has 0 bridgehead atoms. The van der Waals surface area contributed by atoms with Crippen LogP contribution in [0.2, 0.25) is 0 Å². The number of nitrogens with zero attached hydrogens (tertiary/aromatic N) is 3. The molecule has 0 N–H and O–H groups in total. The zero-order valence-corrected chi connectivity index (χ0v) is 35.4. The lowest BCUT2D eigenvalue weighted by Crippen LogP contribution is -2.31. The van der Waals surface area contributed by atoms with Crippen molar-refractivity contribution in [2.24, 2.45) is 9.98 Å². The molecule has 0 saturated heterocycles. The Morgan fingerprint density at radius 2 is 1.00 bits per heavy atom. The van der Waals surface area contributed by atoms with E-state index in [0.29, 0.717) is 11.5 Å². The molecule has 8 aromatic carbocycles. The molecule has 3 nitrogen and oxygen atoms in total. The van der Waals surface area contributed by atoms with Crippen molar-refractivity contribution in [3.63, 3.8) is 0 Å². The van der Waals surface area contributed by atoms with Crippen LogP contribution in [0.5, 0.6) is 0 Å². The first kappa shape index (κ1) is 39.3. The minimum Gasteiger partial charge on any atom is -0.334 e. The number of hydrogen-bond acceptors (Lipinski definition) is 2. The largest absolute Gasteiger partial charge is 0.334 e. The van der Waals surface area contributed by atoms with E-state index in [4.69, 9.17) is 9.98 Å². The van der Waals surface area contributed by atoms with Crippen LogP contribution in [0.4, 0.5) is 11.4 Å². The van der Waals surface area contributed by atoms with Crippen LogP contribution in [0.3, 0.4) is 0 Å². The summed E-state index contributed by atoms with van der Waals surface area (Å²) in [6.07, 6.45) is 6.51. The molecular formula is C60H47N3. The van der Waals surface area contributed by atoms with E-state index < -0.39 is 0 Å². The Bertz CT molecular complexity index is 2950. The Morgan fingerprint density at radius 1 is 0.508 bits per heavy atom. The zero-order chi connectivity index (χ0) is 42.5. The Kier molecular flexibility index (Phi) is 11.0. The number of aliphatic imine (C=N–C) groups is 2. The summed E-state index contributed by atoms with van der Waals surface area (Å²) in [7, 11) is 0. The maximum absolute atomic E-state index is 5.31. The van der Waals surface area contributed by atoms with Gasteiger partial charge in [-0.15, -0.1) is 0 Å². The highest BCUT2D eigenvalue weighted by Crippen LogP contribution is 2.44. The van der Waals surface area contributed by atoms with Crippen LogP contribution in [0.1, 0.15) is 41.2 Å². The lowest BCUT2D eigenvalue weighted by Gasteiger charge is -2.34. The molecule has 2 aliphatic carbocycles. The van der Waals surface area contributed by atoms with E-state index in [1.54, 1.807) is 0 Å². The first-order valence-corrected chi connectivity index (χ1v) is 21.7. The van der Waals surface area contributed by atoms with E-state index in [0.717, 1.165) is 57.7 Å². The third-order valence-corrected chi connectivity index (χ3v) is 12.2. The Hall–Kier alpha value is -7.88. The van der Waals surface area contributed by atoms with Crippen LogP contribution in [-0.2, 0) is 6.42 Å². The summed E-state index contributed by atoms with van der Waals surface area (Å²) in [6.45, 7) is 6.59. The SMILES string of the molecule is C=C(N=C(N=C(C)c1ccccc1)c1cccc2c1C1=C(C2)CC(N(c2ccc(-c3ccccc3)cc2)c2ccc(-c3ccccc3)cc2)C=C1)c1cccc(-c2ccccc2)c1. The maximum Gasteiger partial charge on any atom is 0.160 e. The van der Waals surface area contributed by atoms with Crippen LogP contribution in [0, 0.1) is 0 Å². The van der Waals surface area contributed by atoms with Gasteiger partial charge in [-0.3, -0.25) is 0 Å². The van der Waals surface area contributed by atoms with Crippen LogP contribution in [0.25, 0.3) is 44.7 Å². The van der Waals surface area contributed by atoms with Crippen molar-refractivity contribution in [1.29, 1.82) is 0 Å². The van der Waals surface area contributed by atoms with E-state index in [1.807, 2.05) is 12.1 Å². The molecule has 0 radical (unpaired) electrons. The molecule has 3 heteroatoms. The molecule has 8 aromatic rings. The predicted octanol–water partition coefficient (Wildman–Crippen LogP) is 15.1. The van der Waals surface area contributed by atoms with Crippen LogP contribution in [-0.4, -0.2) is 17.6 Å². The summed E-state index contributed by atoms with van der Waals surface area (Å²) < 4.78 is 0. The Balaban J connectivity index is 1.02. The highest BCUT2D eigenvalue weighted by atomic mass is 15.2. The second kappa shape index (κ2) is 17.6. The third-order valence-electron chi connectivity index (χ3n) is 12.2. The summed E-state index contributed by atoms with van der Waals surface area (Å²) in [5.41, 5.74) is 19.2. The van der Waals surface area contributed by atoms with E-state index >= 15 is 0 Å². The van der Waals surface area contributed by atoms with Crippen LogP contribution < -0.4 is 4.90 Å². The molecule has 1 atom stereocenters. The summed E-state index contributed by atoms with van der Waals surface area (Å²) in [5, 5.41) is 0. The fourth-order valence-electron chi connectivity index (χ4n) is 9.01. The van der Waals surface area contributed by atoms with Crippen molar-refractivity contribution in [2.75, 3.05) is 4.90 Å². The predicted molar refractivity (Wildman–Crippen MR) is 267 cm³/mol. The molecule has 0 aromatic heterocycles. The van der Waals surface area contributed by atoms with E-state index in [1.165, 1.54) is 44.5 Å². The van der Waals surface area contributed by atoms with Gasteiger partial charge in [-0.2, -0.15) is 0 Å². The van der Waals surface area contributed by atoms with Gasteiger partial charge in [0.25, 0.3) is 0 Å². The molecule has 0 saturated carbocycles. The number of rotatable bonds is 10. The van der Waals surface area contributed by atoms with Crippen molar-refractivity contribution in [1.82, 2.24) is 0 Å². The van der Waals surface area contributed by atoms with Crippen molar-refractivity contribution < 1.29 is 0 Å². The summed E-state index contributed by atoms with van der Waals surface area (Å²) in [4.78, 5) is 13.1. The van der Waals surface area contributed by atoms with Gasteiger partial charge in [-0.1, -0.05) is 206 Å². The van der Waals surface area contributed by atoms with Gasteiger partial charge in [0.1, 0.15) is 0 Å². The summed E-state index contributed by atoms with van der Waals surface area (Å²) >= 11 is 0. The van der Waals surface area contributed by atoms with E-state index in [2.05, 4.69) is 231 Å². The summed E-state index contributed by atoms with van der Waals surface area (Å²) in [5.74, 6) is 0.659. The average Bonchev–Trinajstić information content (AvgIpc) is 3.74. The number of fused-ring (bicyclic) bond motifs is 2. The van der Waals surface area contributed by atoms with Gasteiger partial charge in [-0.25, -0.2) is 9.98 Å². The van der Waals surface area contributed by atoms with Crippen molar-refractivity contribution in [2.45, 2.75) is 25.8 Å². The topological polar surface area (TPSA) is 28.0 Å². The first-order chi connectivity index (χ1) is 31.1. The minimum atomic E-state index is 0.106. The Labute approximate surface area is 371 Å². The van der Waals surface area contributed by atoms with Gasteiger partial charge in [0.05, 0.1) is 11.7 Å². The number of amidine groups is 1. The molecule has 0 aliphatic heterocycles. The first-order valence-electron chi connectivity index (χ1n) is 21.7. The number of anilines is 2. The van der Waals surface area contributed by atoms with Crippen LogP contribution in [0.15, 0.2) is 247 Å². The van der Waals surface area contributed by atoms with E-state index in [-0.39, 0.29) is 6.04 Å². The van der Waals surface area contributed by atoms with Gasteiger partial charge in [0, 0.05) is 28.2 Å². The molecule has 0 amide bonds. The van der Waals surface area contributed by atoms with Gasteiger partial charge in [0.2, 0.25) is 0 Å². The minimum absolute atomic E-state index is 0.106. The zero-order valence-electron chi connectivity index (χ0n) is 35.4. The van der Waals surface area contributed by atoms with E-state index in [9.17, 15) is 0 Å². The fourth-order valence-corrected chi connectivity index (χ4v) is 9.01. The van der Waals surface area contributed by atoms with Gasteiger partial charge in [0.15, 0.2) is 5.84 Å². The highest BCUT2D eigenvalue weighted by molar-refractivity contribution is 6.15. The molecular weight excluding hydrogens is 763 g/mol. The van der Waals surface area contributed by atoms with Crippen LogP contribution >= 0.6 is 0 Å². The lowest BCUT2D eigenvalue weighted by atomic mass is 9.91. The number of hydrogen-bond donors (Lipinski definition) is 0. The quantitative estimate of drug-likeness (QED) is 0.0999. The Morgan fingerprint density at radius 3 is 1.59 bits per heavy atom. The standard InChI is InChI=1S/C60H47N3/c1-42(44-17-7-3-8-18-44)61-60(62-43(2)50-25-15-26-51(39-50)47-23-13-6-14-24-47)58-28-16-27-52-40-53-41-56(37-38-57(53)59(52)58)63(54-33-29-48(30-34-54)45-19-9-4-10-20-45)55-35-31-49(32-36-55)46-21-11-5-12-22-46/h3-39,56H,2,40-41H2,1H3. The average molecular weight is 810 g/mol. The molecule has 0 spiro atoms. The molecule has 302 valence electrons. The monoisotopic (exact) mass is 809 g/mol. The number of allylic oxidation sites excluding steroid dienone is 2. The van der Waals surface area contributed by atoms with Gasteiger partial charge in [-0.05, 0) is 106 Å². The summed E-state index contributed by atoms with van der Waals surface area (Å²) in [6, 6.07) is 75.2. The lowest BCUT2D eigenvalue weighted by molar-refractivity contribution is 0.751. The van der Waals surface area contributed by atoms with Gasteiger partial charge >= 0.3 is 0 Å². The van der Waals surface area contributed by atoms with Crippen molar-refractivity contribution in [3.05, 3.63) is 264 Å².